The Hall–Kier alpha value is -3.41. The number of phenolic OH excluding ortho intramolecular Hbond substituents is 2. The average molecular weight is 368 g/mol. The molecule has 6 heteroatoms. The van der Waals surface area contributed by atoms with Gasteiger partial charge in [-0.2, -0.15) is 0 Å². The van der Waals surface area contributed by atoms with Crippen LogP contribution in [0.5, 0.6) is 23.0 Å². The molecule has 0 saturated heterocycles. The second-order valence-electron chi connectivity index (χ2n) is 6.39. The van der Waals surface area contributed by atoms with E-state index >= 15 is 0 Å². The Morgan fingerprint density at radius 2 is 1.81 bits per heavy atom. The highest BCUT2D eigenvalue weighted by Gasteiger charge is 2.22. The Balaban J connectivity index is 2.30. The summed E-state index contributed by atoms with van der Waals surface area (Å²) in [6.45, 7) is 5.69. The number of methoxy groups -OCH3 is 1. The molecule has 0 spiro atoms. The second kappa shape index (κ2) is 7.07. The maximum atomic E-state index is 12.7. The van der Waals surface area contributed by atoms with Crippen LogP contribution in [0, 0.1) is 0 Å². The van der Waals surface area contributed by atoms with Crippen molar-refractivity contribution < 1.29 is 24.5 Å². The average Bonchev–Trinajstić information content (AvgIpc) is 2.63. The normalized spacial score (nSPS) is 10.9. The fourth-order valence-electron chi connectivity index (χ4n) is 2.89. The molecule has 1 heterocycles. The number of benzene rings is 2. The van der Waals surface area contributed by atoms with Crippen molar-refractivity contribution in [3.05, 3.63) is 58.3 Å². The third-order valence-corrected chi connectivity index (χ3v) is 4.36. The quantitative estimate of drug-likeness (QED) is 0.587. The molecule has 0 aliphatic carbocycles. The zero-order valence-corrected chi connectivity index (χ0v) is 15.1. The van der Waals surface area contributed by atoms with E-state index in [4.69, 9.17) is 9.15 Å². The molecule has 0 aliphatic rings. The Kier molecular flexibility index (Phi) is 4.81. The molecule has 0 radical (unpaired) electrons. The fraction of sp³-hybridized carbons (Fsp3) is 0.190. The van der Waals surface area contributed by atoms with Crippen LogP contribution in [0.25, 0.3) is 22.3 Å². The third kappa shape index (κ3) is 3.33. The van der Waals surface area contributed by atoms with E-state index in [-0.39, 0.29) is 22.5 Å². The van der Waals surface area contributed by atoms with Crippen molar-refractivity contribution in [2.75, 3.05) is 7.11 Å². The zero-order chi connectivity index (χ0) is 19.7. The second-order valence-corrected chi connectivity index (χ2v) is 6.39. The van der Waals surface area contributed by atoms with Gasteiger partial charge in [-0.05, 0) is 44.0 Å². The highest BCUT2D eigenvalue weighted by molar-refractivity contribution is 5.91. The summed E-state index contributed by atoms with van der Waals surface area (Å²) in [5.41, 5.74) is 1.00. The number of aromatic hydroxyl groups is 3. The van der Waals surface area contributed by atoms with Crippen LogP contribution in [-0.4, -0.2) is 22.4 Å². The molecule has 2 aromatic carbocycles. The van der Waals surface area contributed by atoms with Crippen LogP contribution in [-0.2, 0) is 6.42 Å². The molecule has 3 N–H and O–H groups in total. The molecule has 0 atom stereocenters. The molecular formula is C21H20O6. The predicted octanol–water partition coefficient (Wildman–Crippen LogP) is 4.09. The molecule has 0 aliphatic heterocycles. The van der Waals surface area contributed by atoms with Crippen LogP contribution in [0.2, 0.25) is 0 Å². The summed E-state index contributed by atoms with van der Waals surface area (Å²) in [5.74, 6) is -0.683. The number of fused-ring (bicyclic) bond motifs is 1. The van der Waals surface area contributed by atoms with E-state index in [0.717, 1.165) is 11.6 Å². The Labute approximate surface area is 155 Å². The highest BCUT2D eigenvalue weighted by atomic mass is 16.5. The molecule has 140 valence electrons. The van der Waals surface area contributed by atoms with E-state index in [1.54, 1.807) is 24.3 Å². The summed E-state index contributed by atoms with van der Waals surface area (Å²) in [7, 11) is 1.53. The molecule has 0 fully saturated rings. The maximum Gasteiger partial charge on any atom is 0.238 e. The summed E-state index contributed by atoms with van der Waals surface area (Å²) in [5, 5.41) is 30.6. The van der Waals surface area contributed by atoms with Gasteiger partial charge in [-0.15, -0.1) is 6.58 Å². The number of phenols is 2. The first kappa shape index (κ1) is 18.4. The van der Waals surface area contributed by atoms with Gasteiger partial charge in [0.2, 0.25) is 11.2 Å². The number of hydrogen-bond acceptors (Lipinski definition) is 6. The minimum atomic E-state index is -0.767. The first-order valence-electron chi connectivity index (χ1n) is 8.35. The summed E-state index contributed by atoms with van der Waals surface area (Å²) in [6, 6.07) is 7.69. The molecule has 0 amide bonds. The Bertz CT molecular complexity index is 1080. The van der Waals surface area contributed by atoms with Gasteiger partial charge in [-0.3, -0.25) is 4.79 Å². The first-order valence-corrected chi connectivity index (χ1v) is 8.35. The van der Waals surface area contributed by atoms with Gasteiger partial charge in [-0.1, -0.05) is 5.57 Å². The lowest BCUT2D eigenvalue weighted by Crippen LogP contribution is -2.05. The van der Waals surface area contributed by atoms with E-state index in [0.29, 0.717) is 29.7 Å². The number of ether oxygens (including phenoxy) is 1. The SMILES string of the molecule is C=C(C)CCc1c(O)cc(O)c2c(=O)c(O)c(-c3ccc(OC)cc3)oc12. The van der Waals surface area contributed by atoms with Gasteiger partial charge in [0.25, 0.3) is 0 Å². The largest absolute Gasteiger partial charge is 0.507 e. The molecule has 27 heavy (non-hydrogen) atoms. The van der Waals surface area contributed by atoms with Crippen LogP contribution >= 0.6 is 0 Å². The fourth-order valence-corrected chi connectivity index (χ4v) is 2.89. The molecule has 0 unspecified atom stereocenters. The maximum absolute atomic E-state index is 12.7. The predicted molar refractivity (Wildman–Crippen MR) is 103 cm³/mol. The van der Waals surface area contributed by atoms with Crippen LogP contribution in [0.15, 0.2) is 51.7 Å². The topological polar surface area (TPSA) is 100 Å². The van der Waals surface area contributed by atoms with Gasteiger partial charge >= 0.3 is 0 Å². The van der Waals surface area contributed by atoms with Crippen LogP contribution in [0.1, 0.15) is 18.9 Å². The van der Waals surface area contributed by atoms with Crippen LogP contribution in [0.4, 0.5) is 0 Å². The minimum Gasteiger partial charge on any atom is -0.507 e. The summed E-state index contributed by atoms with van der Waals surface area (Å²) in [6.07, 6.45) is 0.934. The van der Waals surface area contributed by atoms with E-state index in [1.807, 2.05) is 6.92 Å². The number of aryl methyl sites for hydroxylation is 1. The van der Waals surface area contributed by atoms with E-state index in [9.17, 15) is 20.1 Å². The van der Waals surface area contributed by atoms with Crippen LogP contribution < -0.4 is 10.2 Å². The smallest absolute Gasteiger partial charge is 0.238 e. The Morgan fingerprint density at radius 1 is 1.15 bits per heavy atom. The van der Waals surface area contributed by atoms with Crippen molar-refractivity contribution in [2.24, 2.45) is 0 Å². The van der Waals surface area contributed by atoms with E-state index < -0.39 is 16.9 Å². The van der Waals surface area contributed by atoms with Crippen molar-refractivity contribution >= 4 is 11.0 Å². The van der Waals surface area contributed by atoms with Gasteiger partial charge in [0.15, 0.2) is 5.76 Å². The molecule has 3 rings (SSSR count). The third-order valence-electron chi connectivity index (χ3n) is 4.36. The molecule has 0 saturated carbocycles. The summed E-state index contributed by atoms with van der Waals surface area (Å²) < 4.78 is 10.9. The van der Waals surface area contributed by atoms with Gasteiger partial charge in [0, 0.05) is 17.2 Å². The lowest BCUT2D eigenvalue weighted by Gasteiger charge is -2.12. The molecule has 1 aromatic heterocycles. The standard InChI is InChI=1S/C21H20O6/c1-11(2)4-9-14-15(22)10-16(23)17-18(24)19(25)20(27-21(14)17)12-5-7-13(26-3)8-6-12/h5-8,10,22-23,25H,1,4,9H2,2-3H3. The van der Waals surface area contributed by atoms with Gasteiger partial charge in [-0.25, -0.2) is 0 Å². The van der Waals surface area contributed by atoms with Gasteiger partial charge in [0.05, 0.1) is 7.11 Å². The molecule has 6 nitrogen and oxygen atoms in total. The van der Waals surface area contributed by atoms with E-state index in [2.05, 4.69) is 6.58 Å². The van der Waals surface area contributed by atoms with E-state index in [1.165, 1.54) is 7.11 Å². The lowest BCUT2D eigenvalue weighted by molar-refractivity contribution is 0.414. The van der Waals surface area contributed by atoms with Crippen molar-refractivity contribution in [1.29, 1.82) is 0 Å². The molecule has 0 bridgehead atoms. The van der Waals surface area contributed by atoms with Crippen molar-refractivity contribution in [1.82, 2.24) is 0 Å². The van der Waals surface area contributed by atoms with Gasteiger partial charge < -0.3 is 24.5 Å². The minimum absolute atomic E-state index is 0.0439. The number of hydrogen-bond donors (Lipinski definition) is 3. The highest BCUT2D eigenvalue weighted by Crippen LogP contribution is 2.39. The summed E-state index contributed by atoms with van der Waals surface area (Å²) in [4.78, 5) is 12.7. The Morgan fingerprint density at radius 3 is 2.41 bits per heavy atom. The van der Waals surface area contributed by atoms with Crippen molar-refractivity contribution in [2.45, 2.75) is 19.8 Å². The number of allylic oxidation sites excluding steroid dienone is 1. The van der Waals surface area contributed by atoms with Gasteiger partial charge in [0.1, 0.15) is 28.2 Å². The summed E-state index contributed by atoms with van der Waals surface area (Å²) >= 11 is 0. The molecular weight excluding hydrogens is 348 g/mol. The molecule has 3 aromatic rings. The van der Waals surface area contributed by atoms with Crippen LogP contribution in [0.3, 0.4) is 0 Å². The number of rotatable bonds is 5. The monoisotopic (exact) mass is 368 g/mol. The first-order chi connectivity index (χ1) is 12.8. The van der Waals surface area contributed by atoms with Crippen molar-refractivity contribution in [3.8, 4) is 34.3 Å². The lowest BCUT2D eigenvalue weighted by atomic mass is 10.0. The zero-order valence-electron chi connectivity index (χ0n) is 15.1. The van der Waals surface area contributed by atoms with Crippen molar-refractivity contribution in [3.63, 3.8) is 0 Å².